The van der Waals surface area contributed by atoms with Crippen molar-refractivity contribution in [2.75, 3.05) is 4.90 Å². The minimum atomic E-state index is 0.449. The Kier molecular flexibility index (Phi) is 8.24. The highest BCUT2D eigenvalue weighted by atomic mass is 15.1. The Labute approximate surface area is 379 Å². The van der Waals surface area contributed by atoms with Crippen LogP contribution in [0.1, 0.15) is 5.56 Å². The molecule has 0 saturated heterocycles. The van der Waals surface area contributed by atoms with Gasteiger partial charge in [0.15, 0.2) is 0 Å². The molecule has 0 unspecified atom stereocenters. The van der Waals surface area contributed by atoms with Gasteiger partial charge in [0.1, 0.15) is 6.07 Å². The van der Waals surface area contributed by atoms with E-state index in [2.05, 4.69) is 212 Å². The van der Waals surface area contributed by atoms with Crippen LogP contribution in [0, 0.1) is 17.9 Å². The van der Waals surface area contributed by atoms with Crippen molar-refractivity contribution in [1.29, 1.82) is 5.26 Å². The number of nitrogens with zero attached hydrogens (tertiary/aromatic N) is 6. The Morgan fingerprint density at radius 2 is 0.894 bits per heavy atom. The fourth-order valence-electron chi connectivity index (χ4n) is 10.5. The van der Waals surface area contributed by atoms with Crippen molar-refractivity contribution >= 4 is 98.9 Å². The van der Waals surface area contributed by atoms with E-state index < -0.39 is 0 Å². The minimum absolute atomic E-state index is 0.449. The maximum absolute atomic E-state index is 11.2. The van der Waals surface area contributed by atoms with Gasteiger partial charge in [-0.2, -0.15) is 5.26 Å². The number of aromatic nitrogens is 3. The Morgan fingerprint density at radius 3 is 1.55 bits per heavy atom. The molecule has 10 aromatic carbocycles. The van der Waals surface area contributed by atoms with Crippen molar-refractivity contribution in [3.63, 3.8) is 0 Å². The SMILES string of the molecule is [C-]#[N+]c1cc(-n2c3ccc(N(c4ccccc4)c4ccccc4)cc3c3c4ccccc4ccc32)c(C#N)cc1-n1c2ccccc2c2c3c4ccccc4n(-c4ccccc4)c3ccc21. The average Bonchev–Trinajstić information content (AvgIpc) is 4.02. The summed E-state index contributed by atoms with van der Waals surface area (Å²) in [6.07, 6.45) is 0. The minimum Gasteiger partial charge on any atom is -0.319 e. The van der Waals surface area contributed by atoms with Crippen LogP contribution in [-0.4, -0.2) is 13.7 Å². The van der Waals surface area contributed by atoms with Crippen LogP contribution in [-0.2, 0) is 0 Å². The van der Waals surface area contributed by atoms with E-state index in [9.17, 15) is 5.26 Å². The lowest BCUT2D eigenvalue weighted by molar-refractivity contribution is 1.14. The van der Waals surface area contributed by atoms with Gasteiger partial charge in [-0.15, -0.1) is 0 Å². The fourth-order valence-corrected chi connectivity index (χ4v) is 10.5. The van der Waals surface area contributed by atoms with E-state index in [1.54, 1.807) is 0 Å². The van der Waals surface area contributed by atoms with Gasteiger partial charge in [-0.25, -0.2) is 4.85 Å². The van der Waals surface area contributed by atoms with Gasteiger partial charge in [-0.1, -0.05) is 121 Å². The first kappa shape index (κ1) is 37.2. The van der Waals surface area contributed by atoms with Crippen LogP contribution in [0.2, 0.25) is 0 Å². The highest BCUT2D eigenvalue weighted by Gasteiger charge is 2.25. The van der Waals surface area contributed by atoms with Crippen LogP contribution < -0.4 is 4.90 Å². The van der Waals surface area contributed by atoms with Crippen LogP contribution >= 0.6 is 0 Å². The van der Waals surface area contributed by atoms with E-state index in [4.69, 9.17) is 6.57 Å². The number of hydrogen-bond acceptors (Lipinski definition) is 2. The van der Waals surface area contributed by atoms with Crippen LogP contribution in [0.4, 0.5) is 22.7 Å². The van der Waals surface area contributed by atoms with E-state index in [1.807, 2.05) is 36.4 Å². The first-order valence-corrected chi connectivity index (χ1v) is 22.0. The number of rotatable bonds is 6. The fraction of sp³-hybridized carbons (Fsp3) is 0. The second kappa shape index (κ2) is 14.6. The molecule has 0 aliphatic heterocycles. The van der Waals surface area contributed by atoms with E-state index in [0.29, 0.717) is 22.6 Å². The molecule has 306 valence electrons. The first-order valence-electron chi connectivity index (χ1n) is 22.0. The molecule has 0 radical (unpaired) electrons. The third kappa shape index (κ3) is 5.40. The molecule has 0 fully saturated rings. The molecule has 3 aromatic heterocycles. The van der Waals surface area contributed by atoms with Crippen molar-refractivity contribution in [2.45, 2.75) is 0 Å². The number of para-hydroxylation sites is 5. The van der Waals surface area contributed by atoms with Crippen molar-refractivity contribution in [3.05, 3.63) is 235 Å². The van der Waals surface area contributed by atoms with Crippen LogP contribution in [0.15, 0.2) is 218 Å². The van der Waals surface area contributed by atoms with Crippen LogP contribution in [0.25, 0.3) is 98.1 Å². The molecule has 0 saturated carbocycles. The summed E-state index contributed by atoms with van der Waals surface area (Å²) >= 11 is 0. The van der Waals surface area contributed by atoms with Crippen molar-refractivity contribution in [2.24, 2.45) is 0 Å². The van der Waals surface area contributed by atoms with Gasteiger partial charge in [0.2, 0.25) is 5.69 Å². The molecule has 6 nitrogen and oxygen atoms in total. The molecule has 0 aliphatic rings. The van der Waals surface area contributed by atoms with Gasteiger partial charge >= 0.3 is 0 Å². The Balaban J connectivity index is 1.07. The lowest BCUT2D eigenvalue weighted by Gasteiger charge is -2.25. The summed E-state index contributed by atoms with van der Waals surface area (Å²) in [7, 11) is 0. The van der Waals surface area contributed by atoms with Crippen molar-refractivity contribution in [1.82, 2.24) is 13.7 Å². The van der Waals surface area contributed by atoms with Gasteiger partial charge in [0, 0.05) is 55.1 Å². The van der Waals surface area contributed by atoms with Crippen LogP contribution in [0.3, 0.4) is 0 Å². The molecular formula is C60H36N6. The maximum Gasteiger partial charge on any atom is 0.212 e. The van der Waals surface area contributed by atoms with E-state index >= 15 is 0 Å². The smallest absolute Gasteiger partial charge is 0.212 e. The number of benzene rings is 10. The molecule has 66 heavy (non-hydrogen) atoms. The molecule has 6 heteroatoms. The largest absolute Gasteiger partial charge is 0.319 e. The number of hydrogen-bond donors (Lipinski definition) is 0. The Bertz CT molecular complexity index is 4140. The van der Waals surface area contributed by atoms with Gasteiger partial charge in [-0.3, -0.25) is 0 Å². The molecule has 0 spiro atoms. The van der Waals surface area contributed by atoms with Gasteiger partial charge in [0.25, 0.3) is 0 Å². The molecular weight excluding hydrogens is 805 g/mol. The summed E-state index contributed by atoms with van der Waals surface area (Å²) in [6.45, 7) is 8.77. The summed E-state index contributed by atoms with van der Waals surface area (Å²) in [6, 6.07) is 78.5. The molecule has 0 aliphatic carbocycles. The normalized spacial score (nSPS) is 11.6. The lowest BCUT2D eigenvalue weighted by atomic mass is 10.0. The predicted octanol–water partition coefficient (Wildman–Crippen LogP) is 16.0. The highest BCUT2D eigenvalue weighted by molar-refractivity contribution is 6.29. The van der Waals surface area contributed by atoms with E-state index in [-0.39, 0.29) is 0 Å². The molecule has 13 rings (SSSR count). The lowest BCUT2D eigenvalue weighted by Crippen LogP contribution is -2.09. The summed E-state index contributed by atoms with van der Waals surface area (Å²) < 4.78 is 6.70. The first-order chi connectivity index (χ1) is 32.7. The monoisotopic (exact) mass is 840 g/mol. The molecule has 0 bridgehead atoms. The second-order valence-corrected chi connectivity index (χ2v) is 16.7. The number of anilines is 3. The van der Waals surface area contributed by atoms with Crippen LogP contribution in [0.5, 0.6) is 0 Å². The third-order valence-corrected chi connectivity index (χ3v) is 13.2. The van der Waals surface area contributed by atoms with Gasteiger partial charge < -0.3 is 18.6 Å². The van der Waals surface area contributed by atoms with Crippen molar-refractivity contribution < 1.29 is 0 Å². The standard InChI is InChI=1S/C60H36N6/c1-62-49-37-56(65-52-32-30-44(63(41-18-5-2-6-19-41)42-20-7-3-8-21-42)36-48(52)58-45-24-12-11-17-39(45)29-31-53(58)65)40(38-61)35-57(49)66-51-28-16-14-26-47(51)60-55(66)34-33-54-59(60)46-25-13-15-27-50(46)64(54)43-22-9-4-10-23-43/h2-37H. The van der Waals surface area contributed by atoms with Gasteiger partial charge in [-0.05, 0) is 108 Å². The highest BCUT2D eigenvalue weighted by Crippen LogP contribution is 2.46. The topological polar surface area (TPSA) is 46.2 Å². The number of nitriles is 1. The molecule has 0 amide bonds. The van der Waals surface area contributed by atoms with E-state index in [1.165, 1.54) is 0 Å². The molecule has 3 heterocycles. The molecule has 13 aromatic rings. The van der Waals surface area contributed by atoms with Gasteiger partial charge in [0.05, 0.1) is 56.6 Å². The summed E-state index contributed by atoms with van der Waals surface area (Å²) in [5, 5.41) is 20.1. The Hall–Kier alpha value is -9.36. The predicted molar refractivity (Wildman–Crippen MR) is 273 cm³/mol. The van der Waals surface area contributed by atoms with Crippen molar-refractivity contribution in [3.8, 4) is 23.1 Å². The molecule has 0 N–H and O–H groups in total. The zero-order valence-electron chi connectivity index (χ0n) is 35.5. The molecule has 0 atom stereocenters. The summed E-state index contributed by atoms with van der Waals surface area (Å²) in [4.78, 5) is 6.53. The Morgan fingerprint density at radius 1 is 0.394 bits per heavy atom. The zero-order chi connectivity index (χ0) is 43.9. The zero-order valence-corrected chi connectivity index (χ0v) is 35.5. The average molecular weight is 841 g/mol. The summed E-state index contributed by atoms with van der Waals surface area (Å²) in [5.41, 5.74) is 12.5. The van der Waals surface area contributed by atoms with E-state index in [0.717, 1.165) is 98.9 Å². The summed E-state index contributed by atoms with van der Waals surface area (Å²) in [5.74, 6) is 0. The third-order valence-electron chi connectivity index (χ3n) is 13.2. The maximum atomic E-state index is 11.2. The quantitative estimate of drug-likeness (QED) is 0.157. The second-order valence-electron chi connectivity index (χ2n) is 16.7. The number of fused-ring (bicyclic) bond motifs is 12.